The van der Waals surface area contributed by atoms with Gasteiger partial charge in [0.15, 0.2) is 15.8 Å². The smallest absolute Gasteiger partial charge is 0.250 e. The number of hydrogen-bond donors (Lipinski definition) is 1. The number of hydrazone groups is 1. The molecular weight excluding hydrogens is 478 g/mol. The van der Waals surface area contributed by atoms with Gasteiger partial charge in [0.25, 0.3) is 5.91 Å². The maximum atomic E-state index is 12.2. The van der Waals surface area contributed by atoms with Gasteiger partial charge in [0, 0.05) is 16.1 Å². The van der Waals surface area contributed by atoms with Crippen LogP contribution in [0.1, 0.15) is 11.1 Å². The number of methoxy groups -OCH3 is 1. The van der Waals surface area contributed by atoms with Crippen molar-refractivity contribution in [1.82, 2.24) is 10.4 Å². The second-order valence-corrected chi connectivity index (χ2v) is 9.45. The summed E-state index contributed by atoms with van der Waals surface area (Å²) in [4.78, 5) is 16.8. The molecule has 4 rings (SSSR count). The van der Waals surface area contributed by atoms with Gasteiger partial charge >= 0.3 is 0 Å². The van der Waals surface area contributed by atoms with E-state index in [1.807, 2.05) is 60.7 Å². The number of amides is 1. The molecule has 1 heterocycles. The molecular formula is C24H20ClN3O3S2. The van der Waals surface area contributed by atoms with E-state index in [4.69, 9.17) is 21.1 Å². The molecule has 0 atom stereocenters. The van der Waals surface area contributed by atoms with Crippen molar-refractivity contribution in [2.24, 2.45) is 5.10 Å². The largest absolute Gasteiger partial charge is 0.493 e. The van der Waals surface area contributed by atoms with Crippen molar-refractivity contribution in [3.05, 3.63) is 82.9 Å². The van der Waals surface area contributed by atoms with Crippen LogP contribution in [0.4, 0.5) is 0 Å². The van der Waals surface area contributed by atoms with E-state index in [0.29, 0.717) is 22.1 Å². The van der Waals surface area contributed by atoms with Crippen molar-refractivity contribution in [3.63, 3.8) is 0 Å². The molecule has 0 aliphatic carbocycles. The Kier molecular flexibility index (Phi) is 7.83. The standard InChI is InChI=1S/C24H20ClN3O3S2/c1-30-20-11-6-8-16(23(20)31-14-17-7-2-3-9-18(17)25)13-26-28-22(29)15-32-24-27-19-10-4-5-12-21(19)33-24/h2-13H,14-15H2,1H3,(H,28,29)/b26-13+. The summed E-state index contributed by atoms with van der Waals surface area (Å²) in [6.07, 6.45) is 1.53. The number of para-hydroxylation sites is 2. The van der Waals surface area contributed by atoms with Gasteiger partial charge in [-0.15, -0.1) is 11.3 Å². The molecule has 0 fully saturated rings. The van der Waals surface area contributed by atoms with Gasteiger partial charge in [-0.25, -0.2) is 10.4 Å². The van der Waals surface area contributed by atoms with E-state index >= 15 is 0 Å². The molecule has 0 aliphatic rings. The van der Waals surface area contributed by atoms with Crippen LogP contribution in [0.5, 0.6) is 11.5 Å². The first kappa shape index (κ1) is 23.1. The lowest BCUT2D eigenvalue weighted by Gasteiger charge is -2.13. The van der Waals surface area contributed by atoms with Crippen LogP contribution in [0.2, 0.25) is 5.02 Å². The zero-order chi connectivity index (χ0) is 23.0. The Morgan fingerprint density at radius 1 is 1.15 bits per heavy atom. The van der Waals surface area contributed by atoms with Crippen LogP contribution in [0.25, 0.3) is 10.2 Å². The van der Waals surface area contributed by atoms with Crippen LogP contribution in [0.3, 0.4) is 0 Å². The van der Waals surface area contributed by atoms with Crippen LogP contribution in [-0.4, -0.2) is 30.0 Å². The fourth-order valence-corrected chi connectivity index (χ4v) is 5.01. The van der Waals surface area contributed by atoms with E-state index in [-0.39, 0.29) is 18.3 Å². The minimum absolute atomic E-state index is 0.213. The molecule has 1 aromatic heterocycles. The molecule has 6 nitrogen and oxygen atoms in total. The second-order valence-electron chi connectivity index (χ2n) is 6.79. The Bertz CT molecular complexity index is 1260. The number of aromatic nitrogens is 1. The van der Waals surface area contributed by atoms with Gasteiger partial charge in [-0.2, -0.15) is 5.10 Å². The zero-order valence-corrected chi connectivity index (χ0v) is 20.0. The molecule has 0 aliphatic heterocycles. The summed E-state index contributed by atoms with van der Waals surface area (Å²) in [6, 6.07) is 20.8. The topological polar surface area (TPSA) is 72.8 Å². The minimum atomic E-state index is -0.225. The number of rotatable bonds is 9. The van der Waals surface area contributed by atoms with Gasteiger partial charge in [0.1, 0.15) is 6.61 Å². The third kappa shape index (κ3) is 6.04. The summed E-state index contributed by atoms with van der Waals surface area (Å²) in [6.45, 7) is 0.270. The highest BCUT2D eigenvalue weighted by Crippen LogP contribution is 2.32. The van der Waals surface area contributed by atoms with Gasteiger partial charge in [0.2, 0.25) is 0 Å². The second kappa shape index (κ2) is 11.2. The highest BCUT2D eigenvalue weighted by atomic mass is 35.5. The molecule has 33 heavy (non-hydrogen) atoms. The summed E-state index contributed by atoms with van der Waals surface area (Å²) in [5, 5.41) is 4.71. The van der Waals surface area contributed by atoms with Crippen molar-refractivity contribution in [2.45, 2.75) is 10.9 Å². The third-order valence-electron chi connectivity index (χ3n) is 4.55. The average molecular weight is 498 g/mol. The van der Waals surface area contributed by atoms with E-state index in [0.717, 1.165) is 20.1 Å². The molecule has 0 saturated heterocycles. The van der Waals surface area contributed by atoms with Crippen molar-refractivity contribution in [2.75, 3.05) is 12.9 Å². The van der Waals surface area contributed by atoms with Crippen LogP contribution in [-0.2, 0) is 11.4 Å². The number of ether oxygens (including phenoxy) is 2. The molecule has 4 aromatic rings. The van der Waals surface area contributed by atoms with Crippen LogP contribution < -0.4 is 14.9 Å². The summed E-state index contributed by atoms with van der Waals surface area (Å²) >= 11 is 9.17. The van der Waals surface area contributed by atoms with E-state index < -0.39 is 0 Å². The lowest BCUT2D eigenvalue weighted by molar-refractivity contribution is -0.118. The molecule has 0 unspecified atom stereocenters. The van der Waals surface area contributed by atoms with Crippen molar-refractivity contribution >= 4 is 57.0 Å². The summed E-state index contributed by atoms with van der Waals surface area (Å²) in [5.41, 5.74) is 5.01. The Labute approximate surface area is 204 Å². The Morgan fingerprint density at radius 3 is 2.79 bits per heavy atom. The first-order valence-corrected chi connectivity index (χ1v) is 12.2. The predicted octanol–water partition coefficient (Wildman–Crippen LogP) is 5.78. The van der Waals surface area contributed by atoms with Crippen LogP contribution >= 0.6 is 34.7 Å². The number of fused-ring (bicyclic) bond motifs is 1. The normalized spacial score (nSPS) is 11.1. The first-order chi connectivity index (χ1) is 16.1. The fraction of sp³-hybridized carbons (Fsp3) is 0.125. The highest BCUT2D eigenvalue weighted by Gasteiger charge is 2.11. The number of thioether (sulfide) groups is 1. The fourth-order valence-electron chi connectivity index (χ4n) is 2.96. The van der Waals surface area contributed by atoms with Crippen molar-refractivity contribution in [3.8, 4) is 11.5 Å². The number of thiazole rings is 1. The van der Waals surface area contributed by atoms with Gasteiger partial charge in [-0.1, -0.05) is 59.8 Å². The monoisotopic (exact) mass is 497 g/mol. The molecule has 1 N–H and O–H groups in total. The SMILES string of the molecule is COc1cccc(/C=N/NC(=O)CSc2nc3ccccc3s2)c1OCc1ccccc1Cl. The lowest BCUT2D eigenvalue weighted by atomic mass is 10.2. The van der Waals surface area contributed by atoms with Gasteiger partial charge in [-0.3, -0.25) is 4.79 Å². The van der Waals surface area contributed by atoms with E-state index in [2.05, 4.69) is 15.5 Å². The number of nitrogens with zero attached hydrogens (tertiary/aromatic N) is 2. The van der Waals surface area contributed by atoms with Gasteiger partial charge in [-0.05, 0) is 30.3 Å². The van der Waals surface area contributed by atoms with E-state index in [9.17, 15) is 4.79 Å². The maximum absolute atomic E-state index is 12.2. The molecule has 1 amide bonds. The number of hydrogen-bond acceptors (Lipinski definition) is 7. The summed E-state index contributed by atoms with van der Waals surface area (Å²) < 4.78 is 13.4. The third-order valence-corrected chi connectivity index (χ3v) is 7.10. The predicted molar refractivity (Wildman–Crippen MR) is 135 cm³/mol. The summed E-state index contributed by atoms with van der Waals surface area (Å²) in [5.74, 6) is 1.06. The van der Waals surface area contributed by atoms with Gasteiger partial charge < -0.3 is 9.47 Å². The molecule has 3 aromatic carbocycles. The van der Waals surface area contributed by atoms with Crippen molar-refractivity contribution < 1.29 is 14.3 Å². The van der Waals surface area contributed by atoms with Crippen LogP contribution in [0, 0.1) is 0 Å². The molecule has 0 radical (unpaired) electrons. The molecule has 168 valence electrons. The minimum Gasteiger partial charge on any atom is -0.493 e. The van der Waals surface area contributed by atoms with Crippen LogP contribution in [0.15, 0.2) is 76.2 Å². The maximum Gasteiger partial charge on any atom is 0.250 e. The Hall–Kier alpha value is -3.07. The Morgan fingerprint density at radius 2 is 1.97 bits per heavy atom. The average Bonchev–Trinajstić information content (AvgIpc) is 3.26. The quantitative estimate of drug-likeness (QED) is 0.180. The number of carbonyl (C=O) groups is 1. The molecule has 9 heteroatoms. The lowest BCUT2D eigenvalue weighted by Crippen LogP contribution is -2.19. The number of carbonyl (C=O) groups excluding carboxylic acids is 1. The zero-order valence-electron chi connectivity index (χ0n) is 17.7. The first-order valence-electron chi connectivity index (χ1n) is 9.97. The summed E-state index contributed by atoms with van der Waals surface area (Å²) in [7, 11) is 1.57. The number of benzene rings is 3. The number of nitrogens with one attached hydrogen (secondary N) is 1. The number of halogens is 1. The highest BCUT2D eigenvalue weighted by molar-refractivity contribution is 8.01. The van der Waals surface area contributed by atoms with E-state index in [1.165, 1.54) is 18.0 Å². The van der Waals surface area contributed by atoms with E-state index in [1.54, 1.807) is 24.5 Å². The van der Waals surface area contributed by atoms with Crippen molar-refractivity contribution in [1.29, 1.82) is 0 Å². The molecule has 0 saturated carbocycles. The molecule has 0 spiro atoms. The molecule has 0 bridgehead atoms. The van der Waals surface area contributed by atoms with Gasteiger partial charge in [0.05, 0.1) is 29.3 Å². The Balaban J connectivity index is 1.37.